The van der Waals surface area contributed by atoms with Crippen LogP contribution in [0.3, 0.4) is 0 Å². The Morgan fingerprint density at radius 3 is 2.92 bits per heavy atom. The molecule has 13 heavy (non-hydrogen) atoms. The number of nitrogens with zero attached hydrogens (tertiary/aromatic N) is 1. The van der Waals surface area contributed by atoms with Gasteiger partial charge in [-0.3, -0.25) is 4.99 Å². The van der Waals surface area contributed by atoms with Crippen LogP contribution in [0.1, 0.15) is 13.8 Å². The van der Waals surface area contributed by atoms with Crippen molar-refractivity contribution < 1.29 is 0 Å². The van der Waals surface area contributed by atoms with E-state index >= 15 is 0 Å². The molecule has 2 nitrogen and oxygen atoms in total. The largest absolute Gasteiger partial charge is 0.364 e. The highest BCUT2D eigenvalue weighted by Crippen LogP contribution is 2.20. The van der Waals surface area contributed by atoms with Gasteiger partial charge in [-0.05, 0) is 4.48 Å². The molecule has 0 aromatic rings. The van der Waals surface area contributed by atoms with Gasteiger partial charge in [-0.1, -0.05) is 48.1 Å². The molecule has 0 amide bonds. The van der Waals surface area contributed by atoms with E-state index in [-0.39, 0.29) is 0 Å². The van der Waals surface area contributed by atoms with Gasteiger partial charge >= 0.3 is 0 Å². The zero-order valence-corrected chi connectivity index (χ0v) is 10.5. The second-order valence-electron chi connectivity index (χ2n) is 3.95. The van der Waals surface area contributed by atoms with Crippen LogP contribution >= 0.6 is 27.7 Å². The van der Waals surface area contributed by atoms with E-state index < -0.39 is 0 Å². The van der Waals surface area contributed by atoms with Crippen LogP contribution in [0.5, 0.6) is 0 Å². The Labute approximate surface area is 92.4 Å². The van der Waals surface area contributed by atoms with Crippen LogP contribution in [0, 0.1) is 5.41 Å². The average molecular weight is 263 g/mol. The lowest BCUT2D eigenvalue weighted by Gasteiger charge is -2.28. The molecule has 1 aliphatic heterocycles. The second-order valence-corrected chi connectivity index (χ2v) is 6.03. The minimum absolute atomic E-state index is 0.301. The van der Waals surface area contributed by atoms with E-state index in [4.69, 9.17) is 0 Å². The fourth-order valence-corrected chi connectivity index (χ4v) is 1.92. The lowest BCUT2D eigenvalue weighted by molar-refractivity contribution is 0.364. The van der Waals surface area contributed by atoms with Crippen LogP contribution in [0.4, 0.5) is 0 Å². The fourth-order valence-electron chi connectivity index (χ4n) is 0.956. The first-order chi connectivity index (χ1) is 5.99. The number of halogens is 1. The summed E-state index contributed by atoms with van der Waals surface area (Å²) in [6.07, 6.45) is 0. The summed E-state index contributed by atoms with van der Waals surface area (Å²) in [7, 11) is 0. The van der Waals surface area contributed by atoms with Gasteiger partial charge in [0.1, 0.15) is 0 Å². The molecule has 1 rings (SSSR count). The highest BCUT2D eigenvalue weighted by molar-refractivity contribution is 9.11. The Morgan fingerprint density at radius 2 is 2.46 bits per heavy atom. The minimum atomic E-state index is 0.301. The molecule has 1 heterocycles. The predicted molar refractivity (Wildman–Crippen MR) is 64.6 cm³/mol. The van der Waals surface area contributed by atoms with Crippen LogP contribution in [0.15, 0.2) is 16.1 Å². The van der Waals surface area contributed by atoms with Crippen molar-refractivity contribution in [1.29, 1.82) is 0 Å². The molecule has 0 unspecified atom stereocenters. The van der Waals surface area contributed by atoms with Gasteiger partial charge in [0.15, 0.2) is 5.17 Å². The molecule has 0 aliphatic carbocycles. The summed E-state index contributed by atoms with van der Waals surface area (Å²) in [5.74, 6) is 0.881. The van der Waals surface area contributed by atoms with E-state index in [0.717, 1.165) is 28.5 Å². The molecular weight excluding hydrogens is 248 g/mol. The van der Waals surface area contributed by atoms with Crippen molar-refractivity contribution in [2.45, 2.75) is 13.8 Å². The zero-order chi connectivity index (χ0) is 9.90. The molecule has 0 aromatic carbocycles. The summed E-state index contributed by atoms with van der Waals surface area (Å²) in [5.41, 5.74) is 0.301. The van der Waals surface area contributed by atoms with Crippen molar-refractivity contribution >= 4 is 32.9 Å². The zero-order valence-electron chi connectivity index (χ0n) is 8.06. The summed E-state index contributed by atoms with van der Waals surface area (Å²) in [5, 5.41) is 4.36. The summed E-state index contributed by atoms with van der Waals surface area (Å²) in [6, 6.07) is 0. The molecule has 4 heteroatoms. The second kappa shape index (κ2) is 4.51. The van der Waals surface area contributed by atoms with Crippen molar-refractivity contribution in [3.8, 4) is 0 Å². The van der Waals surface area contributed by atoms with Gasteiger partial charge in [-0.25, -0.2) is 0 Å². The van der Waals surface area contributed by atoms with Crippen molar-refractivity contribution in [3.05, 3.63) is 11.1 Å². The molecular formula is C9H15BrN2S. The SMILES string of the molecule is C=C(Br)CSC1=NCC(C)(C)CN1. The average Bonchev–Trinajstić information content (AvgIpc) is 2.02. The first kappa shape index (κ1) is 11.1. The third kappa shape index (κ3) is 4.18. The number of nitrogens with one attached hydrogen (secondary N) is 1. The molecule has 74 valence electrons. The summed E-state index contributed by atoms with van der Waals surface area (Å²) in [4.78, 5) is 4.46. The molecule has 0 spiro atoms. The third-order valence-corrected chi connectivity index (χ3v) is 3.43. The number of amidine groups is 1. The molecule has 0 saturated heterocycles. The monoisotopic (exact) mass is 262 g/mol. The topological polar surface area (TPSA) is 24.4 Å². The van der Waals surface area contributed by atoms with E-state index in [0.29, 0.717) is 5.41 Å². The number of hydrogen-bond donors (Lipinski definition) is 1. The van der Waals surface area contributed by atoms with Crippen LogP contribution < -0.4 is 5.32 Å². The number of hydrogen-bond acceptors (Lipinski definition) is 3. The van der Waals surface area contributed by atoms with E-state index in [1.807, 2.05) is 0 Å². The first-order valence-corrected chi connectivity index (χ1v) is 6.02. The van der Waals surface area contributed by atoms with Gasteiger partial charge in [0.2, 0.25) is 0 Å². The van der Waals surface area contributed by atoms with Gasteiger partial charge in [-0.15, -0.1) is 0 Å². The number of thioether (sulfide) groups is 1. The highest BCUT2D eigenvalue weighted by Gasteiger charge is 2.22. The van der Waals surface area contributed by atoms with Crippen LogP contribution in [-0.2, 0) is 0 Å². The smallest absolute Gasteiger partial charge is 0.156 e. The third-order valence-electron chi connectivity index (χ3n) is 1.73. The van der Waals surface area contributed by atoms with E-state index in [1.54, 1.807) is 11.8 Å². The molecule has 1 N–H and O–H groups in total. The van der Waals surface area contributed by atoms with Gasteiger partial charge in [0.05, 0.1) is 0 Å². The molecule has 1 aliphatic rings. The number of aliphatic imine (C=N–C) groups is 1. The standard InChI is InChI=1S/C9H15BrN2S/c1-7(10)4-13-8-11-5-9(2,3)6-12-8/h1,4-6H2,2-3H3,(H,11,12). The Balaban J connectivity index is 2.38. The molecule has 0 fully saturated rings. The normalized spacial score (nSPS) is 20.4. The summed E-state index contributed by atoms with van der Waals surface area (Å²) in [6.45, 7) is 10.1. The van der Waals surface area contributed by atoms with Crippen molar-refractivity contribution in [3.63, 3.8) is 0 Å². The summed E-state index contributed by atoms with van der Waals surface area (Å²) < 4.78 is 1.01. The lowest BCUT2D eigenvalue weighted by atomic mass is 9.93. The first-order valence-electron chi connectivity index (χ1n) is 4.24. The van der Waals surface area contributed by atoms with Crippen molar-refractivity contribution in [2.75, 3.05) is 18.8 Å². The van der Waals surface area contributed by atoms with E-state index in [9.17, 15) is 0 Å². The summed E-state index contributed by atoms with van der Waals surface area (Å²) >= 11 is 5.02. The van der Waals surface area contributed by atoms with Crippen molar-refractivity contribution in [2.24, 2.45) is 10.4 Å². The highest BCUT2D eigenvalue weighted by atomic mass is 79.9. The van der Waals surface area contributed by atoms with Gasteiger partial charge in [-0.2, -0.15) is 0 Å². The quantitative estimate of drug-likeness (QED) is 0.828. The lowest BCUT2D eigenvalue weighted by Crippen LogP contribution is -2.39. The molecule has 0 aromatic heterocycles. The van der Waals surface area contributed by atoms with Crippen molar-refractivity contribution in [1.82, 2.24) is 5.32 Å². The Kier molecular flexibility index (Phi) is 3.86. The Bertz CT molecular complexity index is 236. The number of rotatable bonds is 2. The fraction of sp³-hybridized carbons (Fsp3) is 0.667. The van der Waals surface area contributed by atoms with E-state index in [2.05, 4.69) is 46.7 Å². The predicted octanol–water partition coefficient (Wildman–Crippen LogP) is 2.61. The van der Waals surface area contributed by atoms with Crippen LogP contribution in [0.25, 0.3) is 0 Å². The maximum absolute atomic E-state index is 4.46. The van der Waals surface area contributed by atoms with Gasteiger partial charge in [0.25, 0.3) is 0 Å². The van der Waals surface area contributed by atoms with Gasteiger partial charge < -0.3 is 5.32 Å². The maximum Gasteiger partial charge on any atom is 0.156 e. The van der Waals surface area contributed by atoms with Gasteiger partial charge in [0, 0.05) is 24.3 Å². The Morgan fingerprint density at radius 1 is 1.77 bits per heavy atom. The van der Waals surface area contributed by atoms with Crippen LogP contribution in [-0.4, -0.2) is 24.0 Å². The minimum Gasteiger partial charge on any atom is -0.364 e. The maximum atomic E-state index is 4.46. The molecule has 0 bridgehead atoms. The van der Waals surface area contributed by atoms with Crippen LogP contribution in [0.2, 0.25) is 0 Å². The molecule has 0 atom stereocenters. The van der Waals surface area contributed by atoms with E-state index in [1.165, 1.54) is 0 Å². The molecule has 0 radical (unpaired) electrons. The molecule has 0 saturated carbocycles. The Hall–Kier alpha value is 0.0400.